The quantitative estimate of drug-likeness (QED) is 0.831. The van der Waals surface area contributed by atoms with Crippen molar-refractivity contribution in [3.63, 3.8) is 0 Å². The van der Waals surface area contributed by atoms with Gasteiger partial charge in [0.1, 0.15) is 18.4 Å². The van der Waals surface area contributed by atoms with E-state index in [1.165, 1.54) is 18.3 Å². The van der Waals surface area contributed by atoms with Crippen molar-refractivity contribution in [2.75, 3.05) is 6.61 Å². The summed E-state index contributed by atoms with van der Waals surface area (Å²) in [6, 6.07) is 6.80. The highest BCUT2D eigenvalue weighted by atomic mass is 19.4. The lowest BCUT2D eigenvalue weighted by molar-refractivity contribution is -0.137. The molecule has 2 N–H and O–H groups in total. The van der Waals surface area contributed by atoms with E-state index >= 15 is 0 Å². The molecule has 0 radical (unpaired) electrons. The predicted octanol–water partition coefficient (Wildman–Crippen LogP) is 2.62. The number of carbonyl (C=O) groups is 2. The van der Waals surface area contributed by atoms with E-state index in [1.54, 1.807) is 12.1 Å². The Kier molecular flexibility index (Phi) is 5.15. The minimum absolute atomic E-state index is 0.00728. The molecule has 1 aliphatic heterocycles. The fraction of sp³-hybridized carbons (Fsp3) is 0.235. The highest BCUT2D eigenvalue weighted by Crippen LogP contribution is 2.32. The number of rotatable bonds is 5. The topological polar surface area (TPSA) is 89.6 Å². The molecule has 0 saturated carbocycles. The molecule has 0 spiro atoms. The van der Waals surface area contributed by atoms with E-state index in [0.29, 0.717) is 5.56 Å². The summed E-state index contributed by atoms with van der Waals surface area (Å²) < 4.78 is 48.5. The van der Waals surface area contributed by atoms with Crippen molar-refractivity contribution >= 4 is 12.0 Å². The van der Waals surface area contributed by atoms with Crippen molar-refractivity contribution in [2.45, 2.75) is 18.8 Å². The summed E-state index contributed by atoms with van der Waals surface area (Å²) in [6.45, 7) is -0.0708. The Balaban J connectivity index is 1.69. The largest absolute Gasteiger partial charge is 0.447 e. The van der Waals surface area contributed by atoms with E-state index in [9.17, 15) is 22.8 Å². The van der Waals surface area contributed by atoms with Crippen LogP contribution in [0.25, 0.3) is 0 Å². The Morgan fingerprint density at radius 3 is 2.85 bits per heavy atom. The van der Waals surface area contributed by atoms with E-state index in [4.69, 9.17) is 4.74 Å². The maximum Gasteiger partial charge on any atom is 0.416 e. The summed E-state index contributed by atoms with van der Waals surface area (Å²) in [6.07, 6.45) is -3.75. The highest BCUT2D eigenvalue weighted by Gasteiger charge is 2.31. The van der Waals surface area contributed by atoms with Crippen molar-refractivity contribution in [3.8, 4) is 11.6 Å². The van der Waals surface area contributed by atoms with Gasteiger partial charge in [-0.2, -0.15) is 13.2 Å². The highest BCUT2D eigenvalue weighted by molar-refractivity contribution is 5.87. The Hall–Kier alpha value is -3.30. The molecule has 7 nitrogen and oxygen atoms in total. The maximum atomic E-state index is 12.8. The SMILES string of the molecule is O=C1NC(C(=O)NCc2cccnc2Oc2cccc(C(F)(F)F)c2)CO1. The first-order valence-corrected chi connectivity index (χ1v) is 7.83. The molecule has 10 heteroatoms. The molecule has 2 heterocycles. The first-order valence-electron chi connectivity index (χ1n) is 7.83. The van der Waals surface area contributed by atoms with Crippen molar-refractivity contribution in [3.05, 3.63) is 53.7 Å². The summed E-state index contributed by atoms with van der Waals surface area (Å²) in [4.78, 5) is 27.0. The van der Waals surface area contributed by atoms with Gasteiger partial charge in [0.2, 0.25) is 11.8 Å². The minimum atomic E-state index is -4.49. The number of cyclic esters (lactones) is 1. The number of benzene rings is 1. The van der Waals surface area contributed by atoms with Crippen LogP contribution in [-0.4, -0.2) is 29.6 Å². The molecule has 1 atom stereocenters. The van der Waals surface area contributed by atoms with Crippen LogP contribution >= 0.6 is 0 Å². The zero-order valence-electron chi connectivity index (χ0n) is 13.7. The molecule has 27 heavy (non-hydrogen) atoms. The third-order valence-corrected chi connectivity index (χ3v) is 3.67. The first kappa shape index (κ1) is 18.5. The molecule has 1 aromatic carbocycles. The average Bonchev–Trinajstić information content (AvgIpc) is 3.07. The van der Waals surface area contributed by atoms with Gasteiger partial charge < -0.3 is 20.1 Å². The van der Waals surface area contributed by atoms with Crippen LogP contribution < -0.4 is 15.4 Å². The molecule has 1 aromatic heterocycles. The molecule has 0 aliphatic carbocycles. The Labute approximate surface area is 151 Å². The monoisotopic (exact) mass is 381 g/mol. The number of pyridine rings is 1. The van der Waals surface area contributed by atoms with Gasteiger partial charge in [-0.05, 0) is 24.3 Å². The Morgan fingerprint density at radius 2 is 2.15 bits per heavy atom. The van der Waals surface area contributed by atoms with E-state index in [-0.39, 0.29) is 24.8 Å². The molecular formula is C17H14F3N3O4. The van der Waals surface area contributed by atoms with E-state index in [2.05, 4.69) is 20.4 Å². The molecule has 1 saturated heterocycles. The minimum Gasteiger partial charge on any atom is -0.447 e. The van der Waals surface area contributed by atoms with Crippen LogP contribution in [-0.2, 0) is 22.3 Å². The lowest BCUT2D eigenvalue weighted by Crippen LogP contribution is -2.42. The van der Waals surface area contributed by atoms with Crippen molar-refractivity contribution in [1.82, 2.24) is 15.6 Å². The number of carbonyl (C=O) groups excluding carboxylic acids is 2. The summed E-state index contributed by atoms with van der Waals surface area (Å²) in [5, 5.41) is 4.93. The number of aromatic nitrogens is 1. The van der Waals surface area contributed by atoms with Gasteiger partial charge in [0.15, 0.2) is 0 Å². The van der Waals surface area contributed by atoms with Crippen LogP contribution in [0.4, 0.5) is 18.0 Å². The number of hydrogen-bond donors (Lipinski definition) is 2. The molecule has 1 unspecified atom stereocenters. The van der Waals surface area contributed by atoms with E-state index in [0.717, 1.165) is 12.1 Å². The van der Waals surface area contributed by atoms with Gasteiger partial charge in [-0.25, -0.2) is 9.78 Å². The van der Waals surface area contributed by atoms with Gasteiger partial charge in [-0.1, -0.05) is 12.1 Å². The van der Waals surface area contributed by atoms with Gasteiger partial charge >= 0.3 is 12.3 Å². The van der Waals surface area contributed by atoms with Crippen LogP contribution in [0.2, 0.25) is 0 Å². The van der Waals surface area contributed by atoms with Crippen LogP contribution in [0.15, 0.2) is 42.6 Å². The maximum absolute atomic E-state index is 12.8. The Bertz CT molecular complexity index is 857. The molecule has 0 bridgehead atoms. The van der Waals surface area contributed by atoms with E-state index < -0.39 is 29.8 Å². The molecule has 2 aromatic rings. The zero-order chi connectivity index (χ0) is 19.4. The third-order valence-electron chi connectivity index (χ3n) is 3.67. The number of ether oxygens (including phenoxy) is 2. The first-order chi connectivity index (χ1) is 12.8. The van der Waals surface area contributed by atoms with Gasteiger partial charge in [-0.15, -0.1) is 0 Å². The van der Waals surface area contributed by atoms with Crippen LogP contribution in [0.3, 0.4) is 0 Å². The lowest BCUT2D eigenvalue weighted by atomic mass is 10.2. The number of nitrogens with one attached hydrogen (secondary N) is 2. The fourth-order valence-corrected chi connectivity index (χ4v) is 2.33. The van der Waals surface area contributed by atoms with Gasteiger partial charge in [0, 0.05) is 18.3 Å². The summed E-state index contributed by atoms with van der Waals surface area (Å²) in [5.74, 6) is -0.439. The number of amides is 2. The second-order valence-electron chi connectivity index (χ2n) is 5.61. The number of hydrogen-bond acceptors (Lipinski definition) is 5. The molecule has 3 rings (SSSR count). The lowest BCUT2D eigenvalue weighted by Gasteiger charge is -2.13. The third kappa shape index (κ3) is 4.66. The standard InChI is InChI=1S/C17H14F3N3O4/c18-17(19,20)11-4-1-5-12(7-11)27-15-10(3-2-6-21-15)8-22-14(24)13-9-26-16(25)23-13/h1-7,13H,8-9H2,(H,22,24)(H,23,25). The summed E-state index contributed by atoms with van der Waals surface area (Å²) in [7, 11) is 0. The number of nitrogens with zero attached hydrogens (tertiary/aromatic N) is 1. The van der Waals surface area contributed by atoms with E-state index in [1.807, 2.05) is 0 Å². The smallest absolute Gasteiger partial charge is 0.416 e. The zero-order valence-corrected chi connectivity index (χ0v) is 13.7. The summed E-state index contributed by atoms with van der Waals surface area (Å²) in [5.41, 5.74) is -0.392. The molecule has 1 fully saturated rings. The van der Waals surface area contributed by atoms with Gasteiger partial charge in [0.05, 0.1) is 5.56 Å². The van der Waals surface area contributed by atoms with Crippen LogP contribution in [0.1, 0.15) is 11.1 Å². The molecule has 2 amide bonds. The van der Waals surface area contributed by atoms with Crippen molar-refractivity contribution in [2.24, 2.45) is 0 Å². The number of alkyl halides is 3. The predicted molar refractivity (Wildman–Crippen MR) is 85.9 cm³/mol. The summed E-state index contributed by atoms with van der Waals surface area (Å²) >= 11 is 0. The van der Waals surface area contributed by atoms with Crippen molar-refractivity contribution in [1.29, 1.82) is 0 Å². The van der Waals surface area contributed by atoms with Crippen LogP contribution in [0.5, 0.6) is 11.6 Å². The normalized spacial score (nSPS) is 16.4. The Morgan fingerprint density at radius 1 is 1.33 bits per heavy atom. The van der Waals surface area contributed by atoms with Crippen LogP contribution in [0, 0.1) is 0 Å². The number of alkyl carbamates (subject to hydrolysis) is 1. The average molecular weight is 381 g/mol. The second kappa shape index (κ2) is 7.52. The fourth-order valence-electron chi connectivity index (χ4n) is 2.33. The second-order valence-corrected chi connectivity index (χ2v) is 5.61. The number of halogens is 3. The molecule has 142 valence electrons. The molecule has 1 aliphatic rings. The van der Waals surface area contributed by atoms with Crippen molar-refractivity contribution < 1.29 is 32.2 Å². The van der Waals surface area contributed by atoms with Gasteiger partial charge in [0.25, 0.3) is 0 Å². The molecular weight excluding hydrogens is 367 g/mol. The van der Waals surface area contributed by atoms with Gasteiger partial charge in [-0.3, -0.25) is 4.79 Å².